The highest BCUT2D eigenvalue weighted by Gasteiger charge is 2.31. The molecule has 0 heterocycles. The van der Waals surface area contributed by atoms with Gasteiger partial charge in [0, 0.05) is 5.56 Å². The molecule has 0 radical (unpaired) electrons. The minimum atomic E-state index is -0.589. The molecule has 0 spiro atoms. The van der Waals surface area contributed by atoms with Crippen LogP contribution in [0.3, 0.4) is 0 Å². The van der Waals surface area contributed by atoms with Crippen molar-refractivity contribution in [2.24, 2.45) is 0 Å². The van der Waals surface area contributed by atoms with Crippen LogP contribution in [0.5, 0.6) is 5.75 Å². The first-order valence-electron chi connectivity index (χ1n) is 7.75. The standard InChI is InChI=1S/C19H30O3/c1-17(2,3)13-11-10-12(16(21)22-19(7,8)9)15(20)14(13)18(4,5)6/h10-11,20H,1-9H3. The number of aromatic hydroxyl groups is 1. The fourth-order valence-electron chi connectivity index (χ4n) is 2.47. The average molecular weight is 306 g/mol. The molecule has 22 heavy (non-hydrogen) atoms. The van der Waals surface area contributed by atoms with Crippen LogP contribution in [0, 0.1) is 0 Å². The topological polar surface area (TPSA) is 46.5 Å². The van der Waals surface area contributed by atoms with E-state index in [2.05, 4.69) is 20.8 Å². The highest BCUT2D eigenvalue weighted by molar-refractivity contribution is 5.93. The zero-order chi connectivity index (χ0) is 17.5. The second-order valence-electron chi connectivity index (χ2n) is 8.89. The molecule has 1 aromatic rings. The van der Waals surface area contributed by atoms with Crippen LogP contribution in [0.15, 0.2) is 12.1 Å². The molecule has 0 aliphatic carbocycles. The van der Waals surface area contributed by atoms with Crippen molar-refractivity contribution in [1.29, 1.82) is 0 Å². The highest BCUT2D eigenvalue weighted by Crippen LogP contribution is 2.41. The van der Waals surface area contributed by atoms with Crippen molar-refractivity contribution in [3.8, 4) is 5.75 Å². The van der Waals surface area contributed by atoms with Gasteiger partial charge < -0.3 is 9.84 Å². The van der Waals surface area contributed by atoms with E-state index < -0.39 is 11.6 Å². The SMILES string of the molecule is CC(C)(C)OC(=O)c1ccc(C(C)(C)C)c(C(C)(C)C)c1O. The quantitative estimate of drug-likeness (QED) is 0.747. The molecule has 0 fully saturated rings. The Kier molecular flexibility index (Phi) is 4.72. The molecule has 124 valence electrons. The number of rotatable bonds is 1. The first-order valence-corrected chi connectivity index (χ1v) is 7.75. The van der Waals surface area contributed by atoms with Gasteiger partial charge in [-0.15, -0.1) is 0 Å². The van der Waals surface area contributed by atoms with Crippen LogP contribution in [0.1, 0.15) is 83.8 Å². The Bertz CT molecular complexity index is 564. The van der Waals surface area contributed by atoms with Crippen LogP contribution >= 0.6 is 0 Å². The molecule has 3 heteroatoms. The highest BCUT2D eigenvalue weighted by atomic mass is 16.6. The molecule has 1 rings (SSSR count). The Morgan fingerprint density at radius 3 is 1.77 bits per heavy atom. The molecule has 0 saturated heterocycles. The lowest BCUT2D eigenvalue weighted by Gasteiger charge is -2.31. The van der Waals surface area contributed by atoms with E-state index in [1.807, 2.05) is 47.6 Å². The van der Waals surface area contributed by atoms with Gasteiger partial charge in [-0.1, -0.05) is 47.6 Å². The third-order valence-electron chi connectivity index (χ3n) is 3.35. The maximum atomic E-state index is 12.3. The minimum Gasteiger partial charge on any atom is -0.507 e. The third-order valence-corrected chi connectivity index (χ3v) is 3.35. The van der Waals surface area contributed by atoms with Crippen molar-refractivity contribution >= 4 is 5.97 Å². The Morgan fingerprint density at radius 1 is 0.909 bits per heavy atom. The fourth-order valence-corrected chi connectivity index (χ4v) is 2.47. The summed E-state index contributed by atoms with van der Waals surface area (Å²) in [7, 11) is 0. The summed E-state index contributed by atoms with van der Waals surface area (Å²) in [5.74, 6) is -0.454. The molecule has 0 bridgehead atoms. The average Bonchev–Trinajstić information content (AvgIpc) is 2.22. The molecule has 0 aliphatic heterocycles. The van der Waals surface area contributed by atoms with Gasteiger partial charge in [-0.2, -0.15) is 0 Å². The predicted octanol–water partition coefficient (Wildman–Crippen LogP) is 4.94. The summed E-state index contributed by atoms with van der Waals surface area (Å²) in [5.41, 5.74) is 1.10. The largest absolute Gasteiger partial charge is 0.507 e. The molecule has 0 atom stereocenters. The third kappa shape index (κ3) is 4.25. The summed E-state index contributed by atoms with van der Waals surface area (Å²) in [6.07, 6.45) is 0. The van der Waals surface area contributed by atoms with E-state index in [0.717, 1.165) is 11.1 Å². The number of esters is 1. The lowest BCUT2D eigenvalue weighted by molar-refractivity contribution is 0.00664. The number of phenols is 1. The maximum Gasteiger partial charge on any atom is 0.342 e. The van der Waals surface area contributed by atoms with Crippen molar-refractivity contribution < 1.29 is 14.6 Å². The number of hydrogen-bond donors (Lipinski definition) is 1. The monoisotopic (exact) mass is 306 g/mol. The van der Waals surface area contributed by atoms with Crippen LogP contribution in [0.25, 0.3) is 0 Å². The van der Waals surface area contributed by atoms with E-state index in [1.54, 1.807) is 6.07 Å². The van der Waals surface area contributed by atoms with Crippen molar-refractivity contribution in [3.05, 3.63) is 28.8 Å². The molecule has 0 aliphatic rings. The second-order valence-corrected chi connectivity index (χ2v) is 8.89. The fraction of sp³-hybridized carbons (Fsp3) is 0.632. The normalized spacial score (nSPS) is 13.1. The van der Waals surface area contributed by atoms with Crippen molar-refractivity contribution in [2.75, 3.05) is 0 Å². The van der Waals surface area contributed by atoms with Crippen LogP contribution in [-0.4, -0.2) is 16.7 Å². The lowest BCUT2D eigenvalue weighted by Crippen LogP contribution is -2.26. The van der Waals surface area contributed by atoms with E-state index in [-0.39, 0.29) is 22.1 Å². The summed E-state index contributed by atoms with van der Waals surface area (Å²) in [6, 6.07) is 3.60. The molecule has 0 aromatic heterocycles. The molecule has 1 aromatic carbocycles. The zero-order valence-corrected chi connectivity index (χ0v) is 15.4. The van der Waals surface area contributed by atoms with E-state index in [1.165, 1.54) is 0 Å². The van der Waals surface area contributed by atoms with Crippen molar-refractivity contribution in [1.82, 2.24) is 0 Å². The van der Waals surface area contributed by atoms with Crippen LogP contribution in [-0.2, 0) is 15.6 Å². The van der Waals surface area contributed by atoms with E-state index in [0.29, 0.717) is 0 Å². The van der Waals surface area contributed by atoms with Crippen LogP contribution < -0.4 is 0 Å². The summed E-state index contributed by atoms with van der Waals surface area (Å²) >= 11 is 0. The number of benzene rings is 1. The number of phenolic OH excluding ortho intramolecular Hbond substituents is 1. The molecular weight excluding hydrogens is 276 g/mol. The van der Waals surface area contributed by atoms with Gasteiger partial charge in [0.1, 0.15) is 16.9 Å². The summed E-state index contributed by atoms with van der Waals surface area (Å²) in [4.78, 5) is 12.3. The smallest absolute Gasteiger partial charge is 0.342 e. The van der Waals surface area contributed by atoms with Gasteiger partial charge in [0.25, 0.3) is 0 Å². The Balaban J connectivity index is 3.52. The summed E-state index contributed by atoms with van der Waals surface area (Å²) in [5, 5.41) is 10.7. The van der Waals surface area contributed by atoms with Gasteiger partial charge in [-0.25, -0.2) is 4.79 Å². The first-order chi connectivity index (χ1) is 9.64. The molecule has 1 N–H and O–H groups in total. The van der Waals surface area contributed by atoms with Crippen molar-refractivity contribution in [2.45, 2.75) is 78.7 Å². The van der Waals surface area contributed by atoms with Gasteiger partial charge in [0.15, 0.2) is 0 Å². The zero-order valence-electron chi connectivity index (χ0n) is 15.4. The maximum absolute atomic E-state index is 12.3. The molecule has 0 saturated carbocycles. The van der Waals surface area contributed by atoms with E-state index in [4.69, 9.17) is 4.74 Å². The van der Waals surface area contributed by atoms with Crippen LogP contribution in [0.2, 0.25) is 0 Å². The van der Waals surface area contributed by atoms with Gasteiger partial charge in [-0.05, 0) is 43.2 Å². The molecule has 0 unspecified atom stereocenters. The van der Waals surface area contributed by atoms with Gasteiger partial charge in [-0.3, -0.25) is 0 Å². The molecule has 0 amide bonds. The lowest BCUT2D eigenvalue weighted by atomic mass is 9.74. The summed E-state index contributed by atoms with van der Waals surface area (Å²) < 4.78 is 5.40. The predicted molar refractivity (Wildman–Crippen MR) is 90.7 cm³/mol. The van der Waals surface area contributed by atoms with Crippen LogP contribution in [0.4, 0.5) is 0 Å². The molecular formula is C19H30O3. The second kappa shape index (κ2) is 5.60. The van der Waals surface area contributed by atoms with E-state index in [9.17, 15) is 9.90 Å². The number of ether oxygens (including phenoxy) is 1. The van der Waals surface area contributed by atoms with Gasteiger partial charge >= 0.3 is 5.97 Å². The first kappa shape index (κ1) is 18.5. The number of carbonyl (C=O) groups excluding carboxylic acids is 1. The Labute approximate surface area is 134 Å². The van der Waals surface area contributed by atoms with Gasteiger partial charge in [0.2, 0.25) is 0 Å². The molecule has 3 nitrogen and oxygen atoms in total. The van der Waals surface area contributed by atoms with E-state index >= 15 is 0 Å². The minimum absolute atomic E-state index is 0.0363. The summed E-state index contributed by atoms with van der Waals surface area (Å²) in [6.45, 7) is 17.9. The van der Waals surface area contributed by atoms with Crippen molar-refractivity contribution in [3.63, 3.8) is 0 Å². The van der Waals surface area contributed by atoms with Gasteiger partial charge in [0.05, 0.1) is 0 Å². The number of hydrogen-bond acceptors (Lipinski definition) is 3. The Hall–Kier alpha value is -1.51. The number of carbonyl (C=O) groups is 1. The Morgan fingerprint density at radius 2 is 1.41 bits per heavy atom.